The molecule has 0 spiro atoms. The molecule has 3 rings (SSSR count). The van der Waals surface area contributed by atoms with Crippen molar-refractivity contribution in [1.29, 1.82) is 5.26 Å². The molecule has 1 N–H and O–H groups in total. The van der Waals surface area contributed by atoms with E-state index in [1.807, 2.05) is 6.07 Å². The van der Waals surface area contributed by atoms with E-state index in [9.17, 15) is 25.0 Å². The van der Waals surface area contributed by atoms with Crippen LogP contribution in [0.2, 0.25) is 0 Å². The zero-order valence-corrected chi connectivity index (χ0v) is 17.6. The highest BCUT2D eigenvalue weighted by atomic mass is 16.6. The number of esters is 1. The number of ketones is 1. The van der Waals surface area contributed by atoms with Gasteiger partial charge in [0.15, 0.2) is 0 Å². The maximum atomic E-state index is 12.9. The number of hydrogen-bond acceptors (Lipinski definition) is 7. The molecular formula is C23H19N3O6. The first-order valence-electron chi connectivity index (χ1n) is 9.64. The fourth-order valence-electron chi connectivity index (χ4n) is 3.25. The number of nitrogens with zero attached hydrogens (tertiary/aromatic N) is 2. The van der Waals surface area contributed by atoms with Crippen LogP contribution >= 0.6 is 0 Å². The summed E-state index contributed by atoms with van der Waals surface area (Å²) in [5.74, 6) is -0.446. The van der Waals surface area contributed by atoms with Crippen molar-refractivity contribution in [2.45, 2.75) is 20.8 Å². The number of nitro benzene ring substituents is 1. The van der Waals surface area contributed by atoms with Crippen LogP contribution in [0.15, 0.2) is 46.4 Å². The Hall–Kier alpha value is -4.45. The summed E-state index contributed by atoms with van der Waals surface area (Å²) in [7, 11) is 0. The molecule has 0 aliphatic heterocycles. The number of benzene rings is 1. The Balaban J connectivity index is 1.90. The Bertz CT molecular complexity index is 1270. The summed E-state index contributed by atoms with van der Waals surface area (Å²) in [5, 5.41) is 20.3. The predicted molar refractivity (Wildman–Crippen MR) is 115 cm³/mol. The van der Waals surface area contributed by atoms with E-state index >= 15 is 0 Å². The van der Waals surface area contributed by atoms with Gasteiger partial charge in [0.25, 0.3) is 5.69 Å². The fourth-order valence-corrected chi connectivity index (χ4v) is 3.25. The van der Waals surface area contributed by atoms with Crippen molar-refractivity contribution in [2.24, 2.45) is 0 Å². The van der Waals surface area contributed by atoms with Crippen LogP contribution in [0.5, 0.6) is 0 Å². The third-order valence-electron chi connectivity index (χ3n) is 4.79. The average Bonchev–Trinajstić information content (AvgIpc) is 3.35. The largest absolute Gasteiger partial charge is 0.462 e. The lowest BCUT2D eigenvalue weighted by Crippen LogP contribution is -2.08. The number of allylic oxidation sites excluding steroid dienone is 1. The lowest BCUT2D eigenvalue weighted by molar-refractivity contribution is -0.384. The molecule has 9 nitrogen and oxygen atoms in total. The summed E-state index contributed by atoms with van der Waals surface area (Å²) in [6.07, 6.45) is 1.30. The van der Waals surface area contributed by atoms with Crippen LogP contribution in [-0.2, 0) is 4.74 Å². The highest BCUT2D eigenvalue weighted by Gasteiger charge is 2.25. The molecule has 0 aliphatic rings. The van der Waals surface area contributed by atoms with Crippen LogP contribution in [0, 0.1) is 35.3 Å². The average molecular weight is 433 g/mol. The van der Waals surface area contributed by atoms with E-state index in [1.165, 1.54) is 18.2 Å². The number of rotatable bonds is 7. The Morgan fingerprint density at radius 3 is 2.50 bits per heavy atom. The molecule has 0 radical (unpaired) electrons. The number of hydrogen-bond donors (Lipinski definition) is 1. The SMILES string of the molecule is CCOC(=O)c1c(C)[nH]c(C(=O)C(C#N)=Cc2ccc(-c3ccc([N+](=O)[O-])cc3)o2)c1C. The van der Waals surface area contributed by atoms with Crippen molar-refractivity contribution in [2.75, 3.05) is 6.61 Å². The van der Waals surface area contributed by atoms with Crippen molar-refractivity contribution < 1.29 is 23.7 Å². The number of furan rings is 1. The first-order chi connectivity index (χ1) is 15.3. The fraction of sp³-hybridized carbons (Fsp3) is 0.174. The van der Waals surface area contributed by atoms with Gasteiger partial charge in [-0.2, -0.15) is 5.26 Å². The smallest absolute Gasteiger partial charge is 0.340 e. The Morgan fingerprint density at radius 1 is 1.22 bits per heavy atom. The third kappa shape index (κ3) is 4.34. The maximum absolute atomic E-state index is 12.9. The summed E-state index contributed by atoms with van der Waals surface area (Å²) >= 11 is 0. The standard InChI is InChI=1S/C23H19N3O6/c1-4-31-23(28)20-13(2)21(25-14(20)3)22(27)16(12-24)11-18-9-10-19(32-18)15-5-7-17(8-6-15)26(29)30/h5-11,25H,4H2,1-3H3. The van der Waals surface area contributed by atoms with Crippen LogP contribution in [0.3, 0.4) is 0 Å². The topological polar surface area (TPSA) is 139 Å². The zero-order valence-electron chi connectivity index (χ0n) is 17.6. The van der Waals surface area contributed by atoms with Gasteiger partial charge in [-0.15, -0.1) is 0 Å². The van der Waals surface area contributed by atoms with E-state index < -0.39 is 16.7 Å². The van der Waals surface area contributed by atoms with E-state index in [0.717, 1.165) is 0 Å². The molecule has 0 saturated carbocycles. The Morgan fingerprint density at radius 2 is 1.91 bits per heavy atom. The number of carbonyl (C=O) groups excluding carboxylic acids is 2. The van der Waals surface area contributed by atoms with E-state index in [-0.39, 0.29) is 34.9 Å². The predicted octanol–water partition coefficient (Wildman–Crippen LogP) is 4.77. The minimum atomic E-state index is -0.586. The van der Waals surface area contributed by atoms with Crippen LogP contribution in [0.1, 0.15) is 44.8 Å². The van der Waals surface area contributed by atoms with Gasteiger partial charge in [0.2, 0.25) is 5.78 Å². The van der Waals surface area contributed by atoms with Crippen molar-refractivity contribution in [3.63, 3.8) is 0 Å². The number of nitro groups is 1. The molecular weight excluding hydrogens is 414 g/mol. The number of aromatic amines is 1. The molecule has 0 aliphatic carbocycles. The number of aromatic nitrogens is 1. The van der Waals surface area contributed by atoms with Gasteiger partial charge in [0.05, 0.1) is 22.8 Å². The molecule has 0 fully saturated rings. The van der Waals surface area contributed by atoms with Crippen molar-refractivity contribution in [3.05, 3.63) is 80.4 Å². The summed E-state index contributed by atoms with van der Waals surface area (Å²) in [4.78, 5) is 38.3. The monoisotopic (exact) mass is 433 g/mol. The molecule has 0 amide bonds. The van der Waals surface area contributed by atoms with Gasteiger partial charge in [-0.25, -0.2) is 4.79 Å². The summed E-state index contributed by atoms with van der Waals surface area (Å²) in [5.41, 5.74) is 1.64. The Kier molecular flexibility index (Phi) is 6.35. The number of aryl methyl sites for hydroxylation is 1. The van der Waals surface area contributed by atoms with Crippen molar-refractivity contribution in [1.82, 2.24) is 4.98 Å². The minimum absolute atomic E-state index is 0.0448. The first-order valence-corrected chi connectivity index (χ1v) is 9.64. The Labute approximate surface area is 183 Å². The van der Waals surface area contributed by atoms with Crippen LogP contribution in [0.4, 0.5) is 5.69 Å². The van der Waals surface area contributed by atoms with Crippen LogP contribution < -0.4 is 0 Å². The molecule has 1 aromatic carbocycles. The summed E-state index contributed by atoms with van der Waals surface area (Å²) in [6, 6.07) is 10.9. The molecule has 0 atom stereocenters. The maximum Gasteiger partial charge on any atom is 0.340 e. The van der Waals surface area contributed by atoms with Gasteiger partial charge < -0.3 is 14.1 Å². The lowest BCUT2D eigenvalue weighted by atomic mass is 10.0. The third-order valence-corrected chi connectivity index (χ3v) is 4.79. The van der Waals surface area contributed by atoms with Gasteiger partial charge in [0, 0.05) is 29.5 Å². The second-order valence-electron chi connectivity index (χ2n) is 6.85. The zero-order chi connectivity index (χ0) is 23.4. The second kappa shape index (κ2) is 9.14. The van der Waals surface area contributed by atoms with E-state index in [4.69, 9.17) is 9.15 Å². The van der Waals surface area contributed by atoms with Gasteiger partial charge in [-0.1, -0.05) is 0 Å². The minimum Gasteiger partial charge on any atom is -0.462 e. The highest BCUT2D eigenvalue weighted by Crippen LogP contribution is 2.27. The number of non-ortho nitro benzene ring substituents is 1. The summed E-state index contributed by atoms with van der Waals surface area (Å²) < 4.78 is 10.7. The molecule has 0 bridgehead atoms. The number of carbonyl (C=O) groups is 2. The quantitative estimate of drug-likeness (QED) is 0.141. The van der Waals surface area contributed by atoms with Crippen LogP contribution in [0.25, 0.3) is 17.4 Å². The molecule has 3 aromatic rings. The molecule has 0 saturated heterocycles. The van der Waals surface area contributed by atoms with Gasteiger partial charge in [0.1, 0.15) is 23.2 Å². The normalized spacial score (nSPS) is 11.1. The van der Waals surface area contributed by atoms with Gasteiger partial charge in [-0.3, -0.25) is 14.9 Å². The number of H-pyrrole nitrogens is 1. The molecule has 2 heterocycles. The molecule has 2 aromatic heterocycles. The lowest BCUT2D eigenvalue weighted by Gasteiger charge is -2.02. The second-order valence-corrected chi connectivity index (χ2v) is 6.85. The van der Waals surface area contributed by atoms with E-state index in [0.29, 0.717) is 22.6 Å². The van der Waals surface area contributed by atoms with E-state index in [1.54, 1.807) is 45.0 Å². The number of ether oxygens (including phenoxy) is 1. The van der Waals surface area contributed by atoms with Gasteiger partial charge in [-0.05, 0) is 50.6 Å². The van der Waals surface area contributed by atoms with Gasteiger partial charge >= 0.3 is 5.97 Å². The van der Waals surface area contributed by atoms with E-state index in [2.05, 4.69) is 4.98 Å². The molecule has 162 valence electrons. The number of Topliss-reactive ketones (excluding diaryl/α,β-unsaturated/α-hetero) is 1. The van der Waals surface area contributed by atoms with Crippen molar-refractivity contribution in [3.8, 4) is 17.4 Å². The summed E-state index contributed by atoms with van der Waals surface area (Å²) in [6.45, 7) is 5.14. The first kappa shape index (κ1) is 22.2. The number of nitriles is 1. The van der Waals surface area contributed by atoms with Crippen molar-refractivity contribution >= 4 is 23.5 Å². The van der Waals surface area contributed by atoms with Crippen LogP contribution in [-0.4, -0.2) is 28.3 Å². The molecule has 32 heavy (non-hydrogen) atoms. The number of nitrogens with one attached hydrogen (secondary N) is 1. The molecule has 0 unspecified atom stereocenters. The highest BCUT2D eigenvalue weighted by molar-refractivity contribution is 6.15. The molecule has 9 heteroatoms.